The maximum Gasteiger partial charge on any atom is 0.418 e. The minimum absolute atomic E-state index is 0.125. The molecule has 0 bridgehead atoms. The van der Waals surface area contributed by atoms with E-state index in [0.29, 0.717) is 36.4 Å². The molecule has 0 amide bonds. The number of benzene rings is 2. The highest BCUT2D eigenvalue weighted by Gasteiger charge is 2.36. The molecule has 160 valence electrons. The van der Waals surface area contributed by atoms with Gasteiger partial charge >= 0.3 is 6.18 Å². The van der Waals surface area contributed by atoms with Gasteiger partial charge in [0, 0.05) is 31.2 Å². The molecule has 6 nitrogen and oxygen atoms in total. The fourth-order valence-corrected chi connectivity index (χ4v) is 4.13. The van der Waals surface area contributed by atoms with Crippen molar-refractivity contribution in [3.05, 3.63) is 64.6 Å². The van der Waals surface area contributed by atoms with Crippen LogP contribution in [0.3, 0.4) is 0 Å². The van der Waals surface area contributed by atoms with Gasteiger partial charge in [0.1, 0.15) is 0 Å². The van der Waals surface area contributed by atoms with E-state index in [1.807, 2.05) is 6.07 Å². The summed E-state index contributed by atoms with van der Waals surface area (Å²) in [4.78, 5) is 19.0. The smallest absolute Gasteiger partial charge is 0.370 e. The first kappa shape index (κ1) is 19.6. The molecule has 0 radical (unpaired) electrons. The summed E-state index contributed by atoms with van der Waals surface area (Å²) in [5, 5.41) is 6.71. The average Bonchev–Trinajstić information content (AvgIpc) is 2.93. The van der Waals surface area contributed by atoms with E-state index in [1.165, 1.54) is 16.9 Å². The van der Waals surface area contributed by atoms with Crippen molar-refractivity contribution in [1.29, 1.82) is 0 Å². The number of nitrogens with zero attached hydrogens (tertiary/aromatic N) is 3. The number of para-hydroxylation sites is 1. The Bertz CT molecular complexity index is 1300. The molecule has 2 N–H and O–H groups in total. The van der Waals surface area contributed by atoms with Crippen LogP contribution in [0.25, 0.3) is 27.5 Å². The first-order valence-corrected chi connectivity index (χ1v) is 10.1. The Morgan fingerprint density at radius 1 is 1.00 bits per heavy atom. The van der Waals surface area contributed by atoms with Gasteiger partial charge < -0.3 is 10.2 Å². The molecule has 1 fully saturated rings. The molecule has 9 heteroatoms. The monoisotopic (exact) mass is 427 g/mol. The van der Waals surface area contributed by atoms with Gasteiger partial charge in [-0.2, -0.15) is 13.2 Å². The van der Waals surface area contributed by atoms with Crippen LogP contribution in [0.15, 0.2) is 53.5 Å². The molecule has 0 saturated carbocycles. The Balaban J connectivity index is 1.75. The van der Waals surface area contributed by atoms with Gasteiger partial charge in [-0.05, 0) is 37.2 Å². The van der Waals surface area contributed by atoms with Crippen LogP contribution in [0.5, 0.6) is 0 Å². The van der Waals surface area contributed by atoms with Crippen molar-refractivity contribution in [2.75, 3.05) is 31.1 Å². The largest absolute Gasteiger partial charge is 0.418 e. The predicted molar refractivity (Wildman–Crippen MR) is 114 cm³/mol. The molecule has 0 aliphatic carbocycles. The van der Waals surface area contributed by atoms with Crippen LogP contribution in [0.2, 0.25) is 0 Å². The van der Waals surface area contributed by atoms with Crippen molar-refractivity contribution in [2.24, 2.45) is 0 Å². The number of halogens is 3. The van der Waals surface area contributed by atoms with E-state index in [0.717, 1.165) is 19.0 Å². The zero-order chi connectivity index (χ0) is 21.6. The van der Waals surface area contributed by atoms with E-state index < -0.39 is 11.7 Å². The lowest BCUT2D eigenvalue weighted by molar-refractivity contribution is -0.137. The molecule has 3 heterocycles. The molecular weight excluding hydrogens is 407 g/mol. The summed E-state index contributed by atoms with van der Waals surface area (Å²) in [7, 11) is 0. The molecule has 1 saturated heterocycles. The molecule has 0 atom stereocenters. The van der Waals surface area contributed by atoms with Gasteiger partial charge in [-0.3, -0.25) is 14.9 Å². The number of alkyl halides is 3. The van der Waals surface area contributed by atoms with Crippen molar-refractivity contribution < 1.29 is 13.2 Å². The Morgan fingerprint density at radius 2 is 1.81 bits per heavy atom. The number of hydrogen-bond acceptors (Lipinski definition) is 4. The lowest BCUT2D eigenvalue weighted by atomic mass is 10.0. The number of H-pyrrole nitrogens is 1. The standard InChI is InChI=1S/C22H20F3N5O/c23-22(24,25)17-11-15-18(12-19(17)29-9-4-7-26-8-10-29)27-13-16-20(15)28-30(21(16)31)14-5-2-1-3-6-14/h1-3,5-6,11-13,26,28H,4,7-10H2. The summed E-state index contributed by atoms with van der Waals surface area (Å²) < 4.78 is 43.5. The minimum Gasteiger partial charge on any atom is -0.370 e. The second-order valence-electron chi connectivity index (χ2n) is 7.61. The Kier molecular flexibility index (Phi) is 4.70. The summed E-state index contributed by atoms with van der Waals surface area (Å²) in [6.07, 6.45) is -2.35. The summed E-state index contributed by atoms with van der Waals surface area (Å²) in [5.41, 5.74) is 0.404. The highest BCUT2D eigenvalue weighted by Crippen LogP contribution is 2.40. The Morgan fingerprint density at radius 3 is 2.58 bits per heavy atom. The number of hydrogen-bond donors (Lipinski definition) is 2. The minimum atomic E-state index is -4.53. The normalized spacial score (nSPS) is 15.5. The Labute approximate surface area is 175 Å². The van der Waals surface area contributed by atoms with Crippen molar-refractivity contribution in [3.63, 3.8) is 0 Å². The highest BCUT2D eigenvalue weighted by molar-refractivity contribution is 6.04. The Hall–Kier alpha value is -3.33. The molecule has 4 aromatic rings. The maximum atomic E-state index is 14.0. The molecule has 1 aliphatic heterocycles. The van der Waals surface area contributed by atoms with Crippen LogP contribution >= 0.6 is 0 Å². The van der Waals surface area contributed by atoms with Crippen LogP contribution < -0.4 is 15.8 Å². The number of nitrogens with one attached hydrogen (secondary N) is 2. The van der Waals surface area contributed by atoms with E-state index in [2.05, 4.69) is 15.4 Å². The maximum absolute atomic E-state index is 14.0. The third kappa shape index (κ3) is 3.44. The first-order chi connectivity index (χ1) is 14.9. The number of pyridine rings is 1. The van der Waals surface area contributed by atoms with Gasteiger partial charge in [0.05, 0.1) is 33.4 Å². The van der Waals surface area contributed by atoms with E-state index in [1.54, 1.807) is 29.2 Å². The summed E-state index contributed by atoms with van der Waals surface area (Å²) in [6, 6.07) is 11.5. The highest BCUT2D eigenvalue weighted by atomic mass is 19.4. The molecule has 0 spiro atoms. The topological polar surface area (TPSA) is 66.0 Å². The second kappa shape index (κ2) is 7.42. The van der Waals surface area contributed by atoms with Crippen molar-refractivity contribution in [3.8, 4) is 5.69 Å². The zero-order valence-electron chi connectivity index (χ0n) is 16.5. The predicted octanol–water partition coefficient (Wildman–Crippen LogP) is 3.69. The van der Waals surface area contributed by atoms with Gasteiger partial charge in [-0.15, -0.1) is 0 Å². The van der Waals surface area contributed by atoms with Crippen molar-refractivity contribution >= 4 is 27.5 Å². The summed E-state index contributed by atoms with van der Waals surface area (Å²) in [5.74, 6) is 0. The molecular formula is C22H20F3N5O. The fourth-order valence-electron chi connectivity index (χ4n) is 4.13. The number of rotatable bonds is 2. The van der Waals surface area contributed by atoms with Gasteiger partial charge in [0.25, 0.3) is 5.56 Å². The van der Waals surface area contributed by atoms with E-state index in [9.17, 15) is 18.0 Å². The second-order valence-corrected chi connectivity index (χ2v) is 7.61. The van der Waals surface area contributed by atoms with E-state index >= 15 is 0 Å². The summed E-state index contributed by atoms with van der Waals surface area (Å²) in [6.45, 7) is 2.41. The van der Waals surface area contributed by atoms with Crippen LogP contribution in [-0.2, 0) is 6.18 Å². The van der Waals surface area contributed by atoms with Crippen LogP contribution in [0.4, 0.5) is 18.9 Å². The molecule has 5 rings (SSSR count). The van der Waals surface area contributed by atoms with Crippen LogP contribution in [-0.4, -0.2) is 40.9 Å². The van der Waals surface area contributed by atoms with Crippen LogP contribution in [0.1, 0.15) is 12.0 Å². The van der Waals surface area contributed by atoms with Gasteiger partial charge in [0.15, 0.2) is 0 Å². The molecule has 2 aromatic carbocycles. The lowest BCUT2D eigenvalue weighted by Crippen LogP contribution is -2.29. The third-order valence-corrected chi connectivity index (χ3v) is 5.64. The van der Waals surface area contributed by atoms with Crippen LogP contribution in [0, 0.1) is 0 Å². The lowest BCUT2D eigenvalue weighted by Gasteiger charge is -2.26. The third-order valence-electron chi connectivity index (χ3n) is 5.64. The molecule has 2 aromatic heterocycles. The van der Waals surface area contributed by atoms with E-state index in [-0.39, 0.29) is 22.0 Å². The fraction of sp³-hybridized carbons (Fsp3) is 0.273. The number of aromatic amines is 1. The van der Waals surface area contributed by atoms with Crippen molar-refractivity contribution in [2.45, 2.75) is 12.6 Å². The zero-order valence-corrected chi connectivity index (χ0v) is 16.5. The van der Waals surface area contributed by atoms with Gasteiger partial charge in [-0.25, -0.2) is 4.68 Å². The molecule has 1 aliphatic rings. The van der Waals surface area contributed by atoms with Gasteiger partial charge in [-0.1, -0.05) is 18.2 Å². The van der Waals surface area contributed by atoms with Gasteiger partial charge in [0.2, 0.25) is 0 Å². The summed E-state index contributed by atoms with van der Waals surface area (Å²) >= 11 is 0. The quantitative estimate of drug-likeness (QED) is 0.512. The SMILES string of the molecule is O=c1c2cnc3cc(N4CCCNCC4)c(C(F)(F)F)cc3c2[nH]n1-c1ccccc1. The van der Waals surface area contributed by atoms with E-state index in [4.69, 9.17) is 0 Å². The first-order valence-electron chi connectivity index (χ1n) is 10.1. The average molecular weight is 427 g/mol. The molecule has 31 heavy (non-hydrogen) atoms. The molecule has 0 unspecified atom stereocenters. The van der Waals surface area contributed by atoms with Crippen molar-refractivity contribution in [1.82, 2.24) is 20.1 Å². The number of anilines is 1. The number of aromatic nitrogens is 3. The number of fused-ring (bicyclic) bond motifs is 3.